The van der Waals surface area contributed by atoms with Crippen LogP contribution in [0.2, 0.25) is 0 Å². The standard InChI is InChI=1S/C13H18N2O3/c1-18-11-3-2-9-7-15(13(16)17)8-10(4-5-14)12(9)6-11/h2-3,6,10H,4-5,7-8,14H2,1H3,(H,16,17)/p-1. The van der Waals surface area contributed by atoms with Gasteiger partial charge in [-0.05, 0) is 36.2 Å². The predicted octanol–water partition coefficient (Wildman–Crippen LogP) is 0.286. The molecule has 0 radical (unpaired) electrons. The van der Waals surface area contributed by atoms with Crippen molar-refractivity contribution in [2.24, 2.45) is 5.73 Å². The fraction of sp³-hybridized carbons (Fsp3) is 0.462. The van der Waals surface area contributed by atoms with Crippen LogP contribution in [0.15, 0.2) is 18.2 Å². The molecule has 1 unspecified atom stereocenters. The van der Waals surface area contributed by atoms with Crippen LogP contribution >= 0.6 is 0 Å². The van der Waals surface area contributed by atoms with Gasteiger partial charge in [-0.25, -0.2) is 0 Å². The second-order valence-corrected chi connectivity index (χ2v) is 4.49. The van der Waals surface area contributed by atoms with E-state index >= 15 is 0 Å². The lowest BCUT2D eigenvalue weighted by Crippen LogP contribution is -2.45. The summed E-state index contributed by atoms with van der Waals surface area (Å²) in [6.07, 6.45) is -0.372. The number of methoxy groups -OCH3 is 1. The smallest absolute Gasteiger partial charge is 0.137 e. The molecular weight excluding hydrogens is 232 g/mol. The molecule has 0 spiro atoms. The molecule has 1 amide bonds. The zero-order valence-electron chi connectivity index (χ0n) is 10.4. The number of carboxylic acid groups (broad SMARTS) is 1. The minimum absolute atomic E-state index is 0.117. The zero-order chi connectivity index (χ0) is 13.1. The van der Waals surface area contributed by atoms with Crippen molar-refractivity contribution in [3.05, 3.63) is 29.3 Å². The Kier molecular flexibility index (Phi) is 3.72. The highest BCUT2D eigenvalue weighted by Crippen LogP contribution is 2.32. The number of hydrogen-bond donors (Lipinski definition) is 1. The first kappa shape index (κ1) is 12.7. The Hall–Kier alpha value is -1.75. The highest BCUT2D eigenvalue weighted by atomic mass is 16.5. The molecule has 0 aliphatic carbocycles. The van der Waals surface area contributed by atoms with Crippen molar-refractivity contribution in [3.8, 4) is 5.75 Å². The van der Waals surface area contributed by atoms with Gasteiger partial charge in [-0.1, -0.05) is 6.07 Å². The number of hydrogen-bond acceptors (Lipinski definition) is 4. The minimum Gasteiger partial charge on any atom is -0.530 e. The minimum atomic E-state index is -1.13. The van der Waals surface area contributed by atoms with Gasteiger partial charge in [-0.3, -0.25) is 0 Å². The second-order valence-electron chi connectivity index (χ2n) is 4.49. The van der Waals surface area contributed by atoms with Crippen molar-refractivity contribution < 1.29 is 14.6 Å². The Labute approximate surface area is 106 Å². The Morgan fingerprint density at radius 3 is 3.00 bits per heavy atom. The average Bonchev–Trinajstić information content (AvgIpc) is 2.38. The van der Waals surface area contributed by atoms with Crippen LogP contribution < -0.4 is 15.6 Å². The molecule has 98 valence electrons. The first-order chi connectivity index (χ1) is 8.65. The summed E-state index contributed by atoms with van der Waals surface area (Å²) in [7, 11) is 1.62. The number of nitrogens with zero attached hydrogens (tertiary/aromatic N) is 1. The van der Waals surface area contributed by atoms with Crippen molar-refractivity contribution in [2.75, 3.05) is 20.2 Å². The van der Waals surface area contributed by atoms with E-state index in [-0.39, 0.29) is 5.92 Å². The third-order valence-corrected chi connectivity index (χ3v) is 3.37. The van der Waals surface area contributed by atoms with E-state index in [1.54, 1.807) is 7.11 Å². The molecule has 1 atom stereocenters. The maximum Gasteiger partial charge on any atom is 0.137 e. The Morgan fingerprint density at radius 2 is 2.39 bits per heavy atom. The molecule has 0 saturated heterocycles. The maximum absolute atomic E-state index is 11.0. The van der Waals surface area contributed by atoms with E-state index in [1.165, 1.54) is 4.90 Å². The first-order valence-electron chi connectivity index (χ1n) is 5.98. The van der Waals surface area contributed by atoms with Crippen LogP contribution in [-0.4, -0.2) is 31.2 Å². The molecule has 0 bridgehead atoms. The predicted molar refractivity (Wildman–Crippen MR) is 65.2 cm³/mol. The largest absolute Gasteiger partial charge is 0.530 e. The number of amides is 1. The summed E-state index contributed by atoms with van der Waals surface area (Å²) in [4.78, 5) is 12.3. The Bertz CT molecular complexity index is 448. The number of fused-ring (bicyclic) bond motifs is 1. The van der Waals surface area contributed by atoms with Crippen LogP contribution in [0.1, 0.15) is 23.5 Å². The molecule has 1 aromatic carbocycles. The molecule has 1 heterocycles. The van der Waals surface area contributed by atoms with Crippen molar-refractivity contribution in [1.82, 2.24) is 4.90 Å². The van der Waals surface area contributed by atoms with Crippen LogP contribution in [-0.2, 0) is 6.54 Å². The van der Waals surface area contributed by atoms with Crippen LogP contribution in [0.25, 0.3) is 0 Å². The molecule has 0 aromatic heterocycles. The van der Waals surface area contributed by atoms with Crippen molar-refractivity contribution in [1.29, 1.82) is 0 Å². The molecule has 1 aromatic rings. The lowest BCUT2D eigenvalue weighted by atomic mass is 9.87. The first-order valence-corrected chi connectivity index (χ1v) is 5.98. The van der Waals surface area contributed by atoms with Gasteiger partial charge in [0.1, 0.15) is 11.8 Å². The van der Waals surface area contributed by atoms with E-state index in [9.17, 15) is 9.90 Å². The summed E-state index contributed by atoms with van der Waals surface area (Å²) in [5.74, 6) is 0.907. The molecule has 2 N–H and O–H groups in total. The van der Waals surface area contributed by atoms with Gasteiger partial charge in [0.2, 0.25) is 0 Å². The molecule has 5 heteroatoms. The molecule has 0 fully saturated rings. The van der Waals surface area contributed by atoms with Crippen molar-refractivity contribution in [3.63, 3.8) is 0 Å². The van der Waals surface area contributed by atoms with Gasteiger partial charge in [0.05, 0.1) is 7.11 Å². The fourth-order valence-electron chi connectivity index (χ4n) is 2.45. The number of carbonyl (C=O) groups excluding carboxylic acids is 1. The molecular formula is C13H17N2O3-. The summed E-state index contributed by atoms with van der Waals surface area (Å²) in [5.41, 5.74) is 7.74. The monoisotopic (exact) mass is 249 g/mol. The molecule has 18 heavy (non-hydrogen) atoms. The van der Waals surface area contributed by atoms with Crippen molar-refractivity contribution in [2.45, 2.75) is 18.9 Å². The van der Waals surface area contributed by atoms with Gasteiger partial charge in [-0.15, -0.1) is 0 Å². The molecule has 0 saturated carbocycles. The molecule has 1 aliphatic heterocycles. The van der Waals surface area contributed by atoms with Gasteiger partial charge in [0.25, 0.3) is 0 Å². The third kappa shape index (κ3) is 2.41. The van der Waals surface area contributed by atoms with E-state index < -0.39 is 6.09 Å². The van der Waals surface area contributed by atoms with Gasteiger partial charge in [0, 0.05) is 19.0 Å². The summed E-state index contributed by atoms with van der Waals surface area (Å²) in [6, 6.07) is 5.73. The molecule has 5 nitrogen and oxygen atoms in total. The van der Waals surface area contributed by atoms with Gasteiger partial charge >= 0.3 is 0 Å². The zero-order valence-corrected chi connectivity index (χ0v) is 10.4. The number of rotatable bonds is 3. The molecule has 1 aliphatic rings. The molecule has 2 rings (SSSR count). The highest BCUT2D eigenvalue weighted by Gasteiger charge is 2.25. The lowest BCUT2D eigenvalue weighted by Gasteiger charge is -2.36. The second kappa shape index (κ2) is 5.27. The third-order valence-electron chi connectivity index (χ3n) is 3.37. The number of ether oxygens (including phenoxy) is 1. The summed E-state index contributed by atoms with van der Waals surface area (Å²) >= 11 is 0. The Balaban J connectivity index is 2.34. The van der Waals surface area contributed by atoms with Gasteiger partial charge in [-0.2, -0.15) is 0 Å². The van der Waals surface area contributed by atoms with Crippen molar-refractivity contribution >= 4 is 6.09 Å². The lowest BCUT2D eigenvalue weighted by molar-refractivity contribution is -0.267. The van der Waals surface area contributed by atoms with Crippen LogP contribution in [0.3, 0.4) is 0 Å². The topological polar surface area (TPSA) is 78.6 Å². The van der Waals surface area contributed by atoms with E-state index in [2.05, 4.69) is 0 Å². The van der Waals surface area contributed by atoms with Crippen LogP contribution in [0.5, 0.6) is 5.75 Å². The summed E-state index contributed by atoms with van der Waals surface area (Å²) < 4.78 is 5.21. The van der Waals surface area contributed by atoms with Gasteiger partial charge < -0.3 is 25.3 Å². The summed E-state index contributed by atoms with van der Waals surface area (Å²) in [6.45, 7) is 1.35. The van der Waals surface area contributed by atoms with E-state index in [0.717, 1.165) is 23.3 Å². The fourth-order valence-corrected chi connectivity index (χ4v) is 2.45. The quantitative estimate of drug-likeness (QED) is 0.835. The SMILES string of the molecule is COc1ccc2c(c1)C(CCN)CN(C(=O)[O-])C2. The van der Waals surface area contributed by atoms with E-state index in [1.807, 2.05) is 18.2 Å². The van der Waals surface area contributed by atoms with Crippen LogP contribution in [0.4, 0.5) is 4.79 Å². The highest BCUT2D eigenvalue weighted by molar-refractivity contribution is 5.63. The average molecular weight is 249 g/mol. The van der Waals surface area contributed by atoms with Crippen LogP contribution in [0, 0.1) is 0 Å². The number of nitrogens with two attached hydrogens (primary N) is 1. The Morgan fingerprint density at radius 1 is 1.61 bits per heavy atom. The van der Waals surface area contributed by atoms with Gasteiger partial charge in [0.15, 0.2) is 0 Å². The maximum atomic E-state index is 11.0. The normalized spacial score (nSPS) is 18.3. The number of carbonyl (C=O) groups is 1. The van der Waals surface area contributed by atoms with E-state index in [4.69, 9.17) is 10.5 Å². The van der Waals surface area contributed by atoms with E-state index in [0.29, 0.717) is 19.6 Å². The number of benzene rings is 1. The summed E-state index contributed by atoms with van der Waals surface area (Å²) in [5, 5.41) is 11.0.